The third kappa shape index (κ3) is 5.20. The summed E-state index contributed by atoms with van der Waals surface area (Å²) in [6, 6.07) is 4.05. The topological polar surface area (TPSA) is 44.8 Å². The van der Waals surface area contributed by atoms with Crippen molar-refractivity contribution in [2.75, 3.05) is 53.0 Å². The van der Waals surface area contributed by atoms with Crippen LogP contribution in [0.4, 0.5) is 0 Å². The Hall–Kier alpha value is -0.950. The number of hydrogen-bond acceptors (Lipinski definition) is 5. The van der Waals surface area contributed by atoms with Crippen LogP contribution in [0, 0.1) is 0 Å². The molecule has 1 fully saturated rings. The molecule has 6 heteroatoms. The first-order chi connectivity index (χ1) is 9.78. The molecule has 5 nitrogen and oxygen atoms in total. The zero-order valence-corrected chi connectivity index (χ0v) is 12.8. The van der Waals surface area contributed by atoms with Gasteiger partial charge in [-0.25, -0.2) is 0 Å². The maximum atomic E-state index is 11.9. The van der Waals surface area contributed by atoms with E-state index in [0.29, 0.717) is 13.1 Å². The molecule has 0 spiro atoms. The summed E-state index contributed by atoms with van der Waals surface area (Å²) in [4.78, 5) is 17.7. The predicted octanol–water partition coefficient (Wildman–Crippen LogP) is 0.628. The van der Waals surface area contributed by atoms with Crippen molar-refractivity contribution in [2.45, 2.75) is 6.54 Å². The lowest BCUT2D eigenvalue weighted by atomic mass is 10.3. The standard InChI is InChI=1S/C14H23N3O2S/c1-19-9-8-16-4-6-17(7-5-16)12-14(18)15-11-13-3-2-10-20-13/h2-3,10H,4-9,11-12H2,1H3,(H,15,18). The fourth-order valence-corrected chi connectivity index (χ4v) is 2.89. The molecule has 1 saturated heterocycles. The van der Waals surface area contributed by atoms with Crippen LogP contribution in [0.2, 0.25) is 0 Å². The Morgan fingerprint density at radius 2 is 2.10 bits per heavy atom. The molecule has 0 atom stereocenters. The Kier molecular flexibility index (Phi) is 6.46. The van der Waals surface area contributed by atoms with Crippen LogP contribution >= 0.6 is 11.3 Å². The number of nitrogens with zero attached hydrogens (tertiary/aromatic N) is 2. The van der Waals surface area contributed by atoms with Crippen LogP contribution in [-0.4, -0.2) is 68.7 Å². The Bertz CT molecular complexity index is 389. The number of piperazine rings is 1. The van der Waals surface area contributed by atoms with Crippen molar-refractivity contribution in [3.8, 4) is 0 Å². The second kappa shape index (κ2) is 8.36. The minimum atomic E-state index is 0.115. The number of hydrogen-bond donors (Lipinski definition) is 1. The van der Waals surface area contributed by atoms with E-state index >= 15 is 0 Å². The van der Waals surface area contributed by atoms with Gasteiger partial charge in [-0.3, -0.25) is 14.6 Å². The average molecular weight is 297 g/mol. The van der Waals surface area contributed by atoms with Crippen molar-refractivity contribution in [1.29, 1.82) is 0 Å². The highest BCUT2D eigenvalue weighted by atomic mass is 32.1. The zero-order chi connectivity index (χ0) is 14.2. The molecule has 1 aliphatic rings. The summed E-state index contributed by atoms with van der Waals surface area (Å²) < 4.78 is 5.08. The number of thiophene rings is 1. The van der Waals surface area contributed by atoms with Crippen molar-refractivity contribution in [1.82, 2.24) is 15.1 Å². The third-order valence-corrected chi connectivity index (χ3v) is 4.36. The van der Waals surface area contributed by atoms with E-state index in [0.717, 1.165) is 39.3 Å². The van der Waals surface area contributed by atoms with Gasteiger partial charge < -0.3 is 10.1 Å². The minimum Gasteiger partial charge on any atom is -0.383 e. The highest BCUT2D eigenvalue weighted by Gasteiger charge is 2.18. The van der Waals surface area contributed by atoms with Gasteiger partial charge in [0.1, 0.15) is 0 Å². The van der Waals surface area contributed by atoms with Crippen LogP contribution in [-0.2, 0) is 16.1 Å². The van der Waals surface area contributed by atoms with Crippen LogP contribution in [0.25, 0.3) is 0 Å². The summed E-state index contributed by atoms with van der Waals surface area (Å²) in [6.07, 6.45) is 0. The van der Waals surface area contributed by atoms with Gasteiger partial charge in [0, 0.05) is 44.7 Å². The van der Waals surface area contributed by atoms with Crippen LogP contribution in [0.3, 0.4) is 0 Å². The van der Waals surface area contributed by atoms with Gasteiger partial charge in [-0.05, 0) is 11.4 Å². The highest BCUT2D eigenvalue weighted by Crippen LogP contribution is 2.07. The van der Waals surface area contributed by atoms with E-state index in [9.17, 15) is 4.79 Å². The van der Waals surface area contributed by atoms with Crippen molar-refractivity contribution >= 4 is 17.2 Å². The Balaban J connectivity index is 1.61. The molecule has 1 N–H and O–H groups in total. The molecule has 2 heterocycles. The molecular formula is C14H23N3O2S. The highest BCUT2D eigenvalue weighted by molar-refractivity contribution is 7.09. The second-order valence-corrected chi connectivity index (χ2v) is 6.00. The molecule has 0 aliphatic carbocycles. The van der Waals surface area contributed by atoms with E-state index in [-0.39, 0.29) is 5.91 Å². The Morgan fingerprint density at radius 1 is 1.35 bits per heavy atom. The fourth-order valence-electron chi connectivity index (χ4n) is 2.25. The van der Waals surface area contributed by atoms with Gasteiger partial charge in [0.15, 0.2) is 0 Å². The summed E-state index contributed by atoms with van der Waals surface area (Å²) >= 11 is 1.67. The van der Waals surface area contributed by atoms with E-state index in [1.54, 1.807) is 18.4 Å². The lowest BCUT2D eigenvalue weighted by molar-refractivity contribution is -0.122. The van der Waals surface area contributed by atoms with E-state index in [1.807, 2.05) is 17.5 Å². The average Bonchev–Trinajstić information content (AvgIpc) is 2.98. The Morgan fingerprint density at radius 3 is 2.75 bits per heavy atom. The van der Waals surface area contributed by atoms with E-state index in [4.69, 9.17) is 4.74 Å². The quantitative estimate of drug-likeness (QED) is 0.802. The molecule has 112 valence electrons. The van der Waals surface area contributed by atoms with E-state index in [1.165, 1.54) is 4.88 Å². The Labute approximate surface area is 124 Å². The zero-order valence-electron chi connectivity index (χ0n) is 12.0. The van der Waals surface area contributed by atoms with Crippen molar-refractivity contribution in [3.63, 3.8) is 0 Å². The molecule has 0 bridgehead atoms. The number of carbonyl (C=O) groups is 1. The predicted molar refractivity (Wildman–Crippen MR) is 80.9 cm³/mol. The van der Waals surface area contributed by atoms with Gasteiger partial charge in [0.2, 0.25) is 5.91 Å². The first-order valence-corrected chi connectivity index (χ1v) is 7.88. The number of nitrogens with one attached hydrogen (secondary N) is 1. The van der Waals surface area contributed by atoms with Crippen LogP contribution in [0.5, 0.6) is 0 Å². The summed E-state index contributed by atoms with van der Waals surface area (Å²) in [7, 11) is 1.73. The summed E-state index contributed by atoms with van der Waals surface area (Å²) in [5.41, 5.74) is 0. The lowest BCUT2D eigenvalue weighted by Crippen LogP contribution is -2.49. The van der Waals surface area contributed by atoms with E-state index in [2.05, 4.69) is 15.1 Å². The first kappa shape index (κ1) is 15.4. The molecular weight excluding hydrogens is 274 g/mol. The normalized spacial score (nSPS) is 17.2. The van der Waals surface area contributed by atoms with Crippen molar-refractivity contribution < 1.29 is 9.53 Å². The van der Waals surface area contributed by atoms with Gasteiger partial charge in [-0.2, -0.15) is 0 Å². The van der Waals surface area contributed by atoms with Crippen LogP contribution in [0.15, 0.2) is 17.5 Å². The van der Waals surface area contributed by atoms with Crippen molar-refractivity contribution in [2.24, 2.45) is 0 Å². The molecule has 1 amide bonds. The third-order valence-electron chi connectivity index (χ3n) is 3.48. The smallest absolute Gasteiger partial charge is 0.234 e. The number of carbonyl (C=O) groups excluding carboxylic acids is 1. The van der Waals surface area contributed by atoms with Crippen LogP contribution in [0.1, 0.15) is 4.88 Å². The monoisotopic (exact) mass is 297 g/mol. The maximum Gasteiger partial charge on any atom is 0.234 e. The van der Waals surface area contributed by atoms with Crippen molar-refractivity contribution in [3.05, 3.63) is 22.4 Å². The van der Waals surface area contributed by atoms with Gasteiger partial charge in [-0.1, -0.05) is 6.07 Å². The molecule has 20 heavy (non-hydrogen) atoms. The summed E-state index contributed by atoms with van der Waals surface area (Å²) in [5.74, 6) is 0.115. The van der Waals surface area contributed by atoms with Crippen LogP contribution < -0.4 is 5.32 Å². The van der Waals surface area contributed by atoms with Gasteiger partial charge in [0.25, 0.3) is 0 Å². The molecule has 1 aromatic rings. The summed E-state index contributed by atoms with van der Waals surface area (Å²) in [6.45, 7) is 6.85. The van der Waals surface area contributed by atoms with Gasteiger partial charge >= 0.3 is 0 Å². The molecule has 0 radical (unpaired) electrons. The number of methoxy groups -OCH3 is 1. The summed E-state index contributed by atoms with van der Waals surface area (Å²) in [5, 5.41) is 5.00. The maximum absolute atomic E-state index is 11.9. The van der Waals surface area contributed by atoms with Gasteiger partial charge in [0.05, 0.1) is 19.7 Å². The molecule has 0 unspecified atom stereocenters. The lowest BCUT2D eigenvalue weighted by Gasteiger charge is -2.34. The van der Waals surface area contributed by atoms with Gasteiger partial charge in [-0.15, -0.1) is 11.3 Å². The minimum absolute atomic E-state index is 0.115. The number of amides is 1. The molecule has 1 aromatic heterocycles. The second-order valence-electron chi connectivity index (χ2n) is 4.97. The molecule has 1 aliphatic heterocycles. The number of rotatable bonds is 7. The largest absolute Gasteiger partial charge is 0.383 e. The molecule has 0 aromatic carbocycles. The SMILES string of the molecule is COCCN1CCN(CC(=O)NCc2cccs2)CC1. The fraction of sp³-hybridized carbons (Fsp3) is 0.643. The van der Waals surface area contributed by atoms with E-state index < -0.39 is 0 Å². The molecule has 2 rings (SSSR count). The molecule has 0 saturated carbocycles. The first-order valence-electron chi connectivity index (χ1n) is 7.00. The number of ether oxygens (including phenoxy) is 1.